The van der Waals surface area contributed by atoms with Crippen molar-refractivity contribution in [2.75, 3.05) is 20.3 Å². The fraction of sp³-hybridized carbons (Fsp3) is 0.462. The predicted octanol–water partition coefficient (Wildman–Crippen LogP) is 1.68. The Hall–Kier alpha value is -1.60. The third-order valence-corrected chi connectivity index (χ3v) is 3.10. The average Bonchev–Trinajstić information content (AvgIpc) is 2.75. The highest BCUT2D eigenvalue weighted by Crippen LogP contribution is 2.36. The van der Waals surface area contributed by atoms with Crippen molar-refractivity contribution in [3.63, 3.8) is 0 Å². The molecule has 4 nitrogen and oxygen atoms in total. The van der Waals surface area contributed by atoms with E-state index < -0.39 is 17.6 Å². The number of carbonyl (C=O) groups excluding carboxylic acids is 1. The molecule has 1 amide bonds. The van der Waals surface area contributed by atoms with Crippen LogP contribution < -0.4 is 10.6 Å². The standard InChI is InChI=1S/C13H15F3N2O2/c1-20-3-2-17-6-8-4-9-10(7-18-12(9)19)11(5-8)13(14,15)16/h4-5,17H,2-3,6-7H2,1H3,(H,18,19). The molecule has 2 rings (SSSR count). The first-order valence-corrected chi connectivity index (χ1v) is 6.14. The smallest absolute Gasteiger partial charge is 0.383 e. The SMILES string of the molecule is COCCNCc1cc2c(c(C(F)(F)F)c1)CNC2=O. The van der Waals surface area contributed by atoms with Gasteiger partial charge in [0.2, 0.25) is 0 Å². The quantitative estimate of drug-likeness (QED) is 0.811. The van der Waals surface area contributed by atoms with Crippen LogP contribution in [0.4, 0.5) is 13.2 Å². The molecule has 0 saturated carbocycles. The minimum Gasteiger partial charge on any atom is -0.383 e. The van der Waals surface area contributed by atoms with Crippen LogP contribution in [0.1, 0.15) is 27.0 Å². The van der Waals surface area contributed by atoms with Gasteiger partial charge in [-0.15, -0.1) is 0 Å². The molecule has 1 aromatic rings. The first-order chi connectivity index (χ1) is 9.43. The molecule has 0 atom stereocenters. The summed E-state index contributed by atoms with van der Waals surface area (Å²) in [6.45, 7) is 1.19. The molecule has 110 valence electrons. The van der Waals surface area contributed by atoms with Gasteiger partial charge in [0.15, 0.2) is 0 Å². The molecule has 1 aromatic carbocycles. The van der Waals surface area contributed by atoms with E-state index >= 15 is 0 Å². The van der Waals surface area contributed by atoms with E-state index in [4.69, 9.17) is 4.74 Å². The lowest BCUT2D eigenvalue weighted by molar-refractivity contribution is -0.138. The molecule has 0 fully saturated rings. The number of rotatable bonds is 5. The summed E-state index contributed by atoms with van der Waals surface area (Å²) in [7, 11) is 1.54. The highest BCUT2D eigenvalue weighted by Gasteiger charge is 2.37. The lowest BCUT2D eigenvalue weighted by atomic mass is 9.99. The number of halogens is 3. The normalized spacial score (nSPS) is 14.3. The first kappa shape index (κ1) is 14.8. The predicted molar refractivity (Wildman–Crippen MR) is 66.2 cm³/mol. The van der Waals surface area contributed by atoms with E-state index in [1.54, 1.807) is 7.11 Å². The zero-order valence-electron chi connectivity index (χ0n) is 10.9. The zero-order chi connectivity index (χ0) is 14.8. The largest absolute Gasteiger partial charge is 0.416 e. The van der Waals surface area contributed by atoms with Crippen molar-refractivity contribution in [3.8, 4) is 0 Å². The second-order valence-corrected chi connectivity index (χ2v) is 4.52. The summed E-state index contributed by atoms with van der Waals surface area (Å²) in [5.41, 5.74) is -0.160. The number of methoxy groups -OCH3 is 1. The van der Waals surface area contributed by atoms with Gasteiger partial charge in [-0.2, -0.15) is 13.2 Å². The number of benzene rings is 1. The van der Waals surface area contributed by atoms with Gasteiger partial charge in [0.05, 0.1) is 12.2 Å². The summed E-state index contributed by atoms with van der Waals surface area (Å²) in [5, 5.41) is 5.38. The highest BCUT2D eigenvalue weighted by atomic mass is 19.4. The number of carbonyl (C=O) groups is 1. The van der Waals surface area contributed by atoms with Gasteiger partial charge in [-0.25, -0.2) is 0 Å². The van der Waals surface area contributed by atoms with Gasteiger partial charge in [-0.1, -0.05) is 0 Å². The van der Waals surface area contributed by atoms with Gasteiger partial charge in [0.1, 0.15) is 0 Å². The Morgan fingerprint density at radius 1 is 1.40 bits per heavy atom. The molecule has 2 N–H and O–H groups in total. The molecule has 0 spiro atoms. The van der Waals surface area contributed by atoms with Gasteiger partial charge < -0.3 is 15.4 Å². The van der Waals surface area contributed by atoms with E-state index in [0.29, 0.717) is 18.7 Å². The summed E-state index contributed by atoms with van der Waals surface area (Å²) in [5.74, 6) is -0.454. The number of nitrogens with one attached hydrogen (secondary N) is 2. The van der Waals surface area contributed by atoms with Crippen molar-refractivity contribution in [3.05, 3.63) is 34.4 Å². The van der Waals surface area contributed by atoms with E-state index in [9.17, 15) is 18.0 Å². The molecule has 1 heterocycles. The van der Waals surface area contributed by atoms with Crippen LogP contribution in [0.3, 0.4) is 0 Å². The number of hydrogen-bond acceptors (Lipinski definition) is 3. The Labute approximate surface area is 114 Å². The van der Waals surface area contributed by atoms with Crippen LogP contribution in [0.2, 0.25) is 0 Å². The van der Waals surface area contributed by atoms with Crippen molar-refractivity contribution in [2.45, 2.75) is 19.3 Å². The van der Waals surface area contributed by atoms with Crippen LogP contribution in [0, 0.1) is 0 Å². The molecule has 1 aliphatic rings. The lowest BCUT2D eigenvalue weighted by Gasteiger charge is -2.13. The number of fused-ring (bicyclic) bond motifs is 1. The Morgan fingerprint density at radius 3 is 2.80 bits per heavy atom. The van der Waals surface area contributed by atoms with Crippen LogP contribution in [0.5, 0.6) is 0 Å². The maximum atomic E-state index is 13.0. The fourth-order valence-electron chi connectivity index (χ4n) is 2.15. The molecule has 0 aromatic heterocycles. The third-order valence-electron chi connectivity index (χ3n) is 3.10. The van der Waals surface area contributed by atoms with Gasteiger partial charge >= 0.3 is 6.18 Å². The molecule has 7 heteroatoms. The van der Waals surface area contributed by atoms with Crippen molar-refractivity contribution in [2.24, 2.45) is 0 Å². The molecule has 0 aliphatic carbocycles. The van der Waals surface area contributed by atoms with Crippen molar-refractivity contribution < 1.29 is 22.7 Å². The topological polar surface area (TPSA) is 50.4 Å². The number of alkyl halides is 3. The van der Waals surface area contributed by atoms with Crippen LogP contribution in [-0.4, -0.2) is 26.2 Å². The van der Waals surface area contributed by atoms with Gasteiger partial charge in [-0.3, -0.25) is 4.79 Å². The van der Waals surface area contributed by atoms with Crippen LogP contribution in [0.15, 0.2) is 12.1 Å². The van der Waals surface area contributed by atoms with Gasteiger partial charge in [0, 0.05) is 32.3 Å². The number of hydrogen-bond donors (Lipinski definition) is 2. The van der Waals surface area contributed by atoms with Crippen molar-refractivity contribution >= 4 is 5.91 Å². The number of amides is 1. The Bertz CT molecular complexity index is 515. The van der Waals surface area contributed by atoms with E-state index in [2.05, 4.69) is 10.6 Å². The van der Waals surface area contributed by atoms with Crippen LogP contribution in [0.25, 0.3) is 0 Å². The summed E-state index contributed by atoms with van der Waals surface area (Å²) in [6, 6.07) is 2.60. The maximum absolute atomic E-state index is 13.0. The van der Waals surface area contributed by atoms with E-state index in [1.165, 1.54) is 6.07 Å². The summed E-state index contributed by atoms with van der Waals surface area (Å²) >= 11 is 0. The van der Waals surface area contributed by atoms with Crippen LogP contribution in [-0.2, 0) is 24.0 Å². The second kappa shape index (κ2) is 5.80. The zero-order valence-corrected chi connectivity index (χ0v) is 10.9. The minimum absolute atomic E-state index is 0.0307. The average molecular weight is 288 g/mol. The Morgan fingerprint density at radius 2 is 2.15 bits per heavy atom. The first-order valence-electron chi connectivity index (χ1n) is 6.14. The molecule has 0 radical (unpaired) electrons. The second-order valence-electron chi connectivity index (χ2n) is 4.52. The molecule has 0 unspecified atom stereocenters. The third kappa shape index (κ3) is 3.10. The molecular weight excluding hydrogens is 273 g/mol. The van der Waals surface area contributed by atoms with Gasteiger partial charge in [-0.05, 0) is 23.3 Å². The van der Waals surface area contributed by atoms with Gasteiger partial charge in [0.25, 0.3) is 5.91 Å². The Balaban J connectivity index is 2.26. The van der Waals surface area contributed by atoms with Crippen molar-refractivity contribution in [1.29, 1.82) is 0 Å². The number of ether oxygens (including phenoxy) is 1. The monoisotopic (exact) mass is 288 g/mol. The minimum atomic E-state index is -4.46. The van der Waals surface area contributed by atoms with E-state index in [0.717, 1.165) is 6.07 Å². The summed E-state index contributed by atoms with van der Waals surface area (Å²) in [4.78, 5) is 11.6. The van der Waals surface area contributed by atoms with Crippen molar-refractivity contribution in [1.82, 2.24) is 10.6 Å². The molecule has 0 saturated heterocycles. The summed E-state index contributed by atoms with van der Waals surface area (Å²) in [6.07, 6.45) is -4.46. The van der Waals surface area contributed by atoms with E-state index in [1.807, 2.05) is 0 Å². The molecule has 20 heavy (non-hydrogen) atoms. The van der Waals surface area contributed by atoms with Crippen LogP contribution >= 0.6 is 0 Å². The van der Waals surface area contributed by atoms with E-state index in [-0.39, 0.29) is 24.2 Å². The highest BCUT2D eigenvalue weighted by molar-refractivity contribution is 5.99. The fourth-order valence-corrected chi connectivity index (χ4v) is 2.15. The molecular formula is C13H15F3N2O2. The molecule has 0 bridgehead atoms. The summed E-state index contributed by atoms with van der Waals surface area (Å²) < 4.78 is 43.9. The Kier molecular flexibility index (Phi) is 4.29. The molecule has 1 aliphatic heterocycles. The lowest BCUT2D eigenvalue weighted by Crippen LogP contribution is -2.19. The maximum Gasteiger partial charge on any atom is 0.416 e.